The number of hydrogen-bond acceptors (Lipinski definition) is 3. The highest BCUT2D eigenvalue weighted by Gasteiger charge is 2.54. The zero-order valence-corrected chi connectivity index (χ0v) is 16.6. The predicted molar refractivity (Wildman–Crippen MR) is 105 cm³/mol. The number of amides is 1. The van der Waals surface area contributed by atoms with E-state index in [1.54, 1.807) is 0 Å². The van der Waals surface area contributed by atoms with Gasteiger partial charge in [-0.05, 0) is 74.0 Å². The molecule has 4 nitrogen and oxygen atoms in total. The third kappa shape index (κ3) is 3.59. The van der Waals surface area contributed by atoms with E-state index in [-0.39, 0.29) is 17.3 Å². The molecule has 4 bridgehead atoms. The Hall–Kier alpha value is -1.46. The lowest BCUT2D eigenvalue weighted by Crippen LogP contribution is -2.62. The summed E-state index contributed by atoms with van der Waals surface area (Å²) in [5, 5.41) is 0. The maximum absolute atomic E-state index is 13.6. The van der Waals surface area contributed by atoms with Gasteiger partial charge in [-0.1, -0.05) is 12.1 Å². The molecule has 0 spiro atoms. The molecule has 1 amide bonds. The molecule has 152 valence electrons. The molecule has 1 saturated heterocycles. The summed E-state index contributed by atoms with van der Waals surface area (Å²) in [4.78, 5) is 18.0. The second kappa shape index (κ2) is 7.42. The van der Waals surface area contributed by atoms with Gasteiger partial charge in [0.05, 0.1) is 19.8 Å². The molecule has 1 aromatic rings. The van der Waals surface area contributed by atoms with Crippen LogP contribution in [0.15, 0.2) is 24.3 Å². The number of carbonyl (C=O) groups is 1. The van der Waals surface area contributed by atoms with Crippen LogP contribution in [-0.4, -0.2) is 54.1 Å². The van der Waals surface area contributed by atoms with Crippen molar-refractivity contribution in [3.05, 3.63) is 35.6 Å². The molecular formula is C23H31FN2O2. The van der Waals surface area contributed by atoms with E-state index in [0.717, 1.165) is 55.7 Å². The zero-order chi connectivity index (χ0) is 19.1. The Kier molecular flexibility index (Phi) is 4.92. The summed E-state index contributed by atoms with van der Waals surface area (Å²) < 4.78 is 18.9. The number of carbonyl (C=O) groups excluding carboxylic acids is 1. The number of nitrogens with zero attached hydrogens (tertiary/aromatic N) is 2. The van der Waals surface area contributed by atoms with Crippen molar-refractivity contribution in [2.45, 2.75) is 50.6 Å². The summed E-state index contributed by atoms with van der Waals surface area (Å²) in [5.41, 5.74) is 1.06. The fourth-order valence-electron chi connectivity index (χ4n) is 6.72. The van der Waals surface area contributed by atoms with Crippen molar-refractivity contribution >= 4 is 5.91 Å². The third-order valence-corrected chi connectivity index (χ3v) is 7.60. The van der Waals surface area contributed by atoms with Gasteiger partial charge >= 0.3 is 0 Å². The highest BCUT2D eigenvalue weighted by molar-refractivity contribution is 5.79. The third-order valence-electron chi connectivity index (χ3n) is 7.60. The van der Waals surface area contributed by atoms with Crippen molar-refractivity contribution in [3.63, 3.8) is 0 Å². The van der Waals surface area contributed by atoms with Crippen LogP contribution in [0.4, 0.5) is 4.39 Å². The van der Waals surface area contributed by atoms with Crippen molar-refractivity contribution in [2.24, 2.45) is 17.8 Å². The van der Waals surface area contributed by atoms with E-state index in [9.17, 15) is 9.18 Å². The summed E-state index contributed by atoms with van der Waals surface area (Å²) in [5.74, 6) is 2.40. The van der Waals surface area contributed by atoms with Gasteiger partial charge in [-0.25, -0.2) is 4.39 Å². The van der Waals surface area contributed by atoms with Crippen molar-refractivity contribution in [2.75, 3.05) is 32.8 Å². The van der Waals surface area contributed by atoms with E-state index in [4.69, 9.17) is 4.74 Å². The van der Waals surface area contributed by atoms with Gasteiger partial charge in [0.25, 0.3) is 0 Å². The van der Waals surface area contributed by atoms with E-state index in [2.05, 4.69) is 9.80 Å². The smallest absolute Gasteiger partial charge is 0.237 e. The standard InChI is InChI=1S/C23H31FN2O2/c24-21-3-1-17(2-4-21)15-26(22(27)16-25-5-7-28-8-6-25)23-12-18-9-19(13-23)11-20(10-18)14-23/h1-4,18-20H,5-16H2. The average molecular weight is 387 g/mol. The number of morpholine rings is 1. The molecule has 0 radical (unpaired) electrons. The Bertz CT molecular complexity index is 679. The quantitative estimate of drug-likeness (QED) is 0.777. The fraction of sp³-hybridized carbons (Fsp3) is 0.696. The monoisotopic (exact) mass is 386 g/mol. The largest absolute Gasteiger partial charge is 0.379 e. The van der Waals surface area contributed by atoms with Gasteiger partial charge in [0, 0.05) is 25.2 Å². The fourth-order valence-corrected chi connectivity index (χ4v) is 6.72. The maximum atomic E-state index is 13.6. The molecule has 5 heteroatoms. The van der Waals surface area contributed by atoms with Crippen LogP contribution in [0.5, 0.6) is 0 Å². The Morgan fingerprint density at radius 3 is 2.18 bits per heavy atom. The highest BCUT2D eigenvalue weighted by Crippen LogP contribution is 2.58. The zero-order valence-electron chi connectivity index (χ0n) is 16.6. The van der Waals surface area contributed by atoms with Gasteiger partial charge in [0.1, 0.15) is 5.82 Å². The average Bonchev–Trinajstić information content (AvgIpc) is 2.67. The van der Waals surface area contributed by atoms with E-state index in [0.29, 0.717) is 26.3 Å². The molecule has 1 heterocycles. The first-order chi connectivity index (χ1) is 13.6. The van der Waals surface area contributed by atoms with Gasteiger partial charge < -0.3 is 9.64 Å². The summed E-state index contributed by atoms with van der Waals surface area (Å²) in [6.07, 6.45) is 7.57. The maximum Gasteiger partial charge on any atom is 0.237 e. The second-order valence-electron chi connectivity index (χ2n) is 9.64. The van der Waals surface area contributed by atoms with E-state index in [1.807, 2.05) is 12.1 Å². The molecule has 5 aliphatic rings. The van der Waals surface area contributed by atoms with Gasteiger partial charge in [-0.15, -0.1) is 0 Å². The van der Waals surface area contributed by atoms with Crippen LogP contribution in [0, 0.1) is 23.6 Å². The van der Waals surface area contributed by atoms with Crippen LogP contribution in [0.25, 0.3) is 0 Å². The first kappa shape index (κ1) is 18.6. The first-order valence-corrected chi connectivity index (χ1v) is 10.9. The van der Waals surface area contributed by atoms with Crippen LogP contribution >= 0.6 is 0 Å². The van der Waals surface area contributed by atoms with Gasteiger partial charge in [-0.2, -0.15) is 0 Å². The topological polar surface area (TPSA) is 32.8 Å². The lowest BCUT2D eigenvalue weighted by Gasteiger charge is -2.60. The molecule has 6 rings (SSSR count). The van der Waals surface area contributed by atoms with Crippen molar-refractivity contribution in [3.8, 4) is 0 Å². The molecule has 5 fully saturated rings. The van der Waals surface area contributed by atoms with Crippen LogP contribution in [-0.2, 0) is 16.1 Å². The number of rotatable bonds is 5. The summed E-state index contributed by atoms with van der Waals surface area (Å²) >= 11 is 0. The minimum absolute atomic E-state index is 0.0203. The van der Waals surface area contributed by atoms with Crippen LogP contribution in [0.1, 0.15) is 44.1 Å². The second-order valence-corrected chi connectivity index (χ2v) is 9.64. The van der Waals surface area contributed by atoms with Gasteiger partial charge in [0.2, 0.25) is 5.91 Å². The Balaban J connectivity index is 1.40. The van der Waals surface area contributed by atoms with Crippen molar-refractivity contribution < 1.29 is 13.9 Å². The molecule has 0 aromatic heterocycles. The lowest BCUT2D eigenvalue weighted by molar-refractivity contribution is -0.154. The number of hydrogen-bond donors (Lipinski definition) is 0. The Morgan fingerprint density at radius 1 is 1.04 bits per heavy atom. The molecule has 4 aliphatic carbocycles. The predicted octanol–water partition coefficient (Wildman–Crippen LogP) is 3.46. The van der Waals surface area contributed by atoms with Gasteiger partial charge in [-0.3, -0.25) is 9.69 Å². The van der Waals surface area contributed by atoms with Crippen molar-refractivity contribution in [1.29, 1.82) is 0 Å². The summed E-state index contributed by atoms with van der Waals surface area (Å²) in [6, 6.07) is 6.70. The minimum atomic E-state index is -0.218. The molecule has 0 unspecified atom stereocenters. The van der Waals surface area contributed by atoms with Gasteiger partial charge in [0.15, 0.2) is 0 Å². The molecular weight excluding hydrogens is 355 g/mol. The van der Waals surface area contributed by atoms with E-state index < -0.39 is 0 Å². The molecule has 0 atom stereocenters. The molecule has 1 aromatic carbocycles. The van der Waals surface area contributed by atoms with Crippen LogP contribution in [0.3, 0.4) is 0 Å². The number of benzene rings is 1. The molecule has 4 saturated carbocycles. The minimum Gasteiger partial charge on any atom is -0.379 e. The molecule has 1 aliphatic heterocycles. The van der Waals surface area contributed by atoms with Crippen molar-refractivity contribution in [1.82, 2.24) is 9.80 Å². The summed E-state index contributed by atoms with van der Waals surface area (Å²) in [6.45, 7) is 4.17. The number of halogens is 1. The highest BCUT2D eigenvalue weighted by atomic mass is 19.1. The lowest BCUT2D eigenvalue weighted by atomic mass is 9.52. The summed E-state index contributed by atoms with van der Waals surface area (Å²) in [7, 11) is 0. The normalized spacial score (nSPS) is 34.5. The molecule has 0 N–H and O–H groups in total. The Labute approximate surface area is 167 Å². The number of ether oxygens (including phenoxy) is 1. The first-order valence-electron chi connectivity index (χ1n) is 10.9. The molecule has 28 heavy (non-hydrogen) atoms. The van der Waals surface area contributed by atoms with E-state index >= 15 is 0 Å². The Morgan fingerprint density at radius 2 is 1.61 bits per heavy atom. The van der Waals surface area contributed by atoms with Crippen LogP contribution in [0.2, 0.25) is 0 Å². The SMILES string of the molecule is O=C(CN1CCOCC1)N(Cc1ccc(F)cc1)C12CC3CC(CC(C3)C1)C2. The van der Waals surface area contributed by atoms with E-state index in [1.165, 1.54) is 31.4 Å². The van der Waals surface area contributed by atoms with Crippen LogP contribution < -0.4 is 0 Å².